The average Bonchev–Trinajstić information content (AvgIpc) is 3.09. The molecule has 0 amide bonds. The maximum Gasteiger partial charge on any atom is 0.343 e. The smallest absolute Gasteiger partial charge is 0.343 e. The molecule has 4 rings (SSSR count). The van der Waals surface area contributed by atoms with Crippen LogP contribution in [0.25, 0.3) is 0 Å². The molecule has 0 aliphatic carbocycles. The highest BCUT2D eigenvalue weighted by Gasteiger charge is 2.17. The molecule has 0 aliphatic rings. The molecule has 0 saturated heterocycles. The molecule has 0 saturated carbocycles. The van der Waals surface area contributed by atoms with Crippen molar-refractivity contribution >= 4 is 31.2 Å². The molecule has 9 nitrogen and oxygen atoms in total. The molecule has 0 aliphatic heterocycles. The molecule has 0 aromatic heterocycles. The minimum Gasteiger partial charge on any atom is -0.494 e. The fraction of sp³-hybridized carbons (Fsp3) is 0.216. The summed E-state index contributed by atoms with van der Waals surface area (Å²) in [6.45, 7) is 8.42. The van der Waals surface area contributed by atoms with Crippen LogP contribution in [0.5, 0.6) is 28.7 Å². The van der Waals surface area contributed by atoms with Crippen molar-refractivity contribution in [3.05, 3.63) is 120 Å². The third-order valence-corrected chi connectivity index (χ3v) is 7.13. The van der Waals surface area contributed by atoms with E-state index in [-0.39, 0.29) is 0 Å². The summed E-state index contributed by atoms with van der Waals surface area (Å²) in [4.78, 5) is 36.7. The van der Waals surface area contributed by atoms with Crippen LogP contribution < -0.4 is 29.1 Å². The summed E-state index contributed by atoms with van der Waals surface area (Å²) < 4.78 is 33.3. The fourth-order valence-corrected chi connectivity index (χ4v) is 4.26. The monoisotopic (exact) mass is 636 g/mol. The standard InChI is InChI=1S/C37H37BO9/c1-4-35(39)45-22-6-5-21-42-30-13-7-27(8-14-30)36(40)46-33-19-20-34(26(3)25(33)2)47-37(41)28-9-15-31(16-10-28)43-23-24-44-32-17-11-29(38)12-18-32/h4,7-20H,1,5-6,21-24,38H2,2-3H3. The molecule has 0 spiro atoms. The molecule has 0 heterocycles. The SMILES string of the molecule is Bc1ccc(OCCOc2ccc(C(=O)Oc3ccc(OC(=O)c4ccc(OCCCCOC(=O)C=C)cc4)c(C)c3C)cc2)cc1. The highest BCUT2D eigenvalue weighted by molar-refractivity contribution is 6.32. The molecule has 0 atom stereocenters. The van der Waals surface area contributed by atoms with Gasteiger partial charge in [-0.25, -0.2) is 14.4 Å². The van der Waals surface area contributed by atoms with E-state index in [0.717, 1.165) is 17.3 Å². The third kappa shape index (κ3) is 10.5. The van der Waals surface area contributed by atoms with Crippen LogP contribution in [0.3, 0.4) is 0 Å². The van der Waals surface area contributed by atoms with Crippen LogP contribution in [0.1, 0.15) is 44.7 Å². The fourth-order valence-electron chi connectivity index (χ4n) is 4.26. The van der Waals surface area contributed by atoms with Gasteiger partial charge in [-0.05, 0) is 111 Å². The van der Waals surface area contributed by atoms with Gasteiger partial charge in [-0.15, -0.1) is 0 Å². The maximum atomic E-state index is 12.9. The summed E-state index contributed by atoms with van der Waals surface area (Å²) in [6, 6.07) is 24.3. The Balaban J connectivity index is 1.23. The van der Waals surface area contributed by atoms with E-state index < -0.39 is 17.9 Å². The van der Waals surface area contributed by atoms with Crippen LogP contribution in [0.2, 0.25) is 0 Å². The molecule has 0 unspecified atom stereocenters. The van der Waals surface area contributed by atoms with E-state index in [1.807, 2.05) is 32.1 Å². The normalized spacial score (nSPS) is 10.4. The van der Waals surface area contributed by atoms with Gasteiger partial charge in [0.25, 0.3) is 0 Å². The summed E-state index contributed by atoms with van der Waals surface area (Å²) in [5.74, 6) is 1.21. The number of carbonyl (C=O) groups excluding carboxylic acids is 3. The number of benzene rings is 4. The predicted octanol–water partition coefficient (Wildman–Crippen LogP) is 5.35. The molecular formula is C37H37BO9. The van der Waals surface area contributed by atoms with E-state index in [9.17, 15) is 14.4 Å². The largest absolute Gasteiger partial charge is 0.494 e. The minimum absolute atomic E-state index is 0.304. The summed E-state index contributed by atoms with van der Waals surface area (Å²) >= 11 is 0. The van der Waals surface area contributed by atoms with Gasteiger partial charge in [0.1, 0.15) is 49.8 Å². The van der Waals surface area contributed by atoms with Crippen molar-refractivity contribution in [2.45, 2.75) is 26.7 Å². The zero-order valence-corrected chi connectivity index (χ0v) is 26.8. The van der Waals surface area contributed by atoms with Crippen LogP contribution in [-0.2, 0) is 9.53 Å². The lowest BCUT2D eigenvalue weighted by molar-refractivity contribution is -0.137. The number of rotatable bonds is 16. The molecule has 242 valence electrons. The van der Waals surface area contributed by atoms with E-state index in [1.165, 1.54) is 0 Å². The molecule has 0 N–H and O–H groups in total. The van der Waals surface area contributed by atoms with Crippen LogP contribution in [-0.4, -0.2) is 52.2 Å². The molecule has 0 fully saturated rings. The molecule has 4 aromatic rings. The number of ether oxygens (including phenoxy) is 6. The topological polar surface area (TPSA) is 107 Å². The molecule has 47 heavy (non-hydrogen) atoms. The molecule has 0 radical (unpaired) electrons. The molecule has 0 bridgehead atoms. The van der Waals surface area contributed by atoms with Crippen molar-refractivity contribution < 1.29 is 42.8 Å². The summed E-state index contributed by atoms with van der Waals surface area (Å²) in [5.41, 5.74) is 3.21. The second-order valence-corrected chi connectivity index (χ2v) is 10.6. The molecule has 4 aromatic carbocycles. The molecule has 10 heteroatoms. The molecular weight excluding hydrogens is 599 g/mol. The van der Waals surface area contributed by atoms with Gasteiger partial charge >= 0.3 is 17.9 Å². The first-order valence-electron chi connectivity index (χ1n) is 15.2. The van der Waals surface area contributed by atoms with Crippen LogP contribution in [0, 0.1) is 13.8 Å². The number of hydrogen-bond donors (Lipinski definition) is 0. The van der Waals surface area contributed by atoms with Gasteiger partial charge in [0.2, 0.25) is 0 Å². The highest BCUT2D eigenvalue weighted by atomic mass is 16.5. The van der Waals surface area contributed by atoms with E-state index in [0.29, 0.717) is 84.5 Å². The van der Waals surface area contributed by atoms with Crippen molar-refractivity contribution in [1.29, 1.82) is 0 Å². The zero-order valence-electron chi connectivity index (χ0n) is 26.8. The Morgan fingerprint density at radius 3 is 1.45 bits per heavy atom. The maximum absolute atomic E-state index is 12.9. The van der Waals surface area contributed by atoms with Gasteiger partial charge in [-0.2, -0.15) is 0 Å². The number of carbonyl (C=O) groups is 3. The Kier molecular flexibility index (Phi) is 12.6. The van der Waals surface area contributed by atoms with E-state index in [2.05, 4.69) is 6.58 Å². The lowest BCUT2D eigenvalue weighted by Crippen LogP contribution is -2.12. The summed E-state index contributed by atoms with van der Waals surface area (Å²) in [5, 5.41) is 0. The Labute approximate surface area is 275 Å². The van der Waals surface area contributed by atoms with Gasteiger partial charge in [0.05, 0.1) is 24.3 Å². The Hall–Kier alpha value is -5.51. The Bertz CT molecular complexity index is 1660. The second kappa shape index (κ2) is 17.3. The number of esters is 3. The number of hydrogen-bond acceptors (Lipinski definition) is 9. The van der Waals surface area contributed by atoms with Gasteiger partial charge in [0.15, 0.2) is 0 Å². The van der Waals surface area contributed by atoms with Crippen molar-refractivity contribution in [1.82, 2.24) is 0 Å². The first-order chi connectivity index (χ1) is 22.7. The van der Waals surface area contributed by atoms with Crippen LogP contribution >= 0.6 is 0 Å². The Morgan fingerprint density at radius 2 is 1.00 bits per heavy atom. The van der Waals surface area contributed by atoms with Gasteiger partial charge in [0, 0.05) is 6.08 Å². The van der Waals surface area contributed by atoms with Crippen molar-refractivity contribution in [2.75, 3.05) is 26.4 Å². The second-order valence-electron chi connectivity index (χ2n) is 10.6. The predicted molar refractivity (Wildman–Crippen MR) is 180 cm³/mol. The van der Waals surface area contributed by atoms with Crippen LogP contribution in [0.15, 0.2) is 97.6 Å². The van der Waals surface area contributed by atoms with E-state index >= 15 is 0 Å². The quantitative estimate of drug-likeness (QED) is 0.0529. The van der Waals surface area contributed by atoms with Crippen LogP contribution in [0.4, 0.5) is 0 Å². The van der Waals surface area contributed by atoms with Gasteiger partial charge in [-0.3, -0.25) is 0 Å². The van der Waals surface area contributed by atoms with Crippen molar-refractivity contribution in [3.8, 4) is 28.7 Å². The first kappa shape index (κ1) is 34.4. The zero-order chi connectivity index (χ0) is 33.6. The lowest BCUT2D eigenvalue weighted by Gasteiger charge is -2.14. The van der Waals surface area contributed by atoms with E-state index in [4.69, 9.17) is 28.4 Å². The van der Waals surface area contributed by atoms with Gasteiger partial charge < -0.3 is 28.4 Å². The average molecular weight is 637 g/mol. The van der Waals surface area contributed by atoms with E-state index in [1.54, 1.807) is 74.5 Å². The summed E-state index contributed by atoms with van der Waals surface area (Å²) in [7, 11) is 2.02. The highest BCUT2D eigenvalue weighted by Crippen LogP contribution is 2.30. The third-order valence-electron chi connectivity index (χ3n) is 7.13. The first-order valence-corrected chi connectivity index (χ1v) is 15.2. The lowest BCUT2D eigenvalue weighted by atomic mass is 9.97. The van der Waals surface area contributed by atoms with Gasteiger partial charge in [-0.1, -0.05) is 24.2 Å². The number of unbranched alkanes of at least 4 members (excludes halogenated alkanes) is 1. The van der Waals surface area contributed by atoms with Crippen molar-refractivity contribution in [3.63, 3.8) is 0 Å². The Morgan fingerprint density at radius 1 is 0.596 bits per heavy atom. The van der Waals surface area contributed by atoms with Crippen molar-refractivity contribution in [2.24, 2.45) is 0 Å². The summed E-state index contributed by atoms with van der Waals surface area (Å²) in [6.07, 6.45) is 2.49. The minimum atomic E-state index is -0.531.